The van der Waals surface area contributed by atoms with Crippen molar-refractivity contribution in [1.29, 1.82) is 0 Å². The molecule has 0 unspecified atom stereocenters. The van der Waals surface area contributed by atoms with Crippen LogP contribution < -0.4 is 0 Å². The van der Waals surface area contributed by atoms with Gasteiger partial charge in [0.25, 0.3) is 0 Å². The summed E-state index contributed by atoms with van der Waals surface area (Å²) in [5.74, 6) is 0.623. The van der Waals surface area contributed by atoms with Gasteiger partial charge in [0.15, 0.2) is 0 Å². The fourth-order valence-corrected chi connectivity index (χ4v) is 3.26. The molecular weight excluding hydrogens is 312 g/mol. The molecule has 1 fully saturated rings. The number of hydrogen-bond donors (Lipinski definition) is 1. The first-order valence-electron chi connectivity index (χ1n) is 7.26. The summed E-state index contributed by atoms with van der Waals surface area (Å²) in [7, 11) is 0. The van der Waals surface area contributed by atoms with Crippen molar-refractivity contribution in [2.45, 2.75) is 37.7 Å². The van der Waals surface area contributed by atoms with Crippen LogP contribution >= 0.6 is 15.9 Å². The third-order valence-corrected chi connectivity index (χ3v) is 4.79. The summed E-state index contributed by atoms with van der Waals surface area (Å²) in [5.41, 5.74) is 3.92. The summed E-state index contributed by atoms with van der Waals surface area (Å²) in [6, 6.07) is 17.3. The van der Waals surface area contributed by atoms with Gasteiger partial charge in [-0.05, 0) is 60.4 Å². The molecule has 0 amide bonds. The first-order valence-corrected chi connectivity index (χ1v) is 8.05. The van der Waals surface area contributed by atoms with Gasteiger partial charge in [-0.3, -0.25) is 0 Å². The van der Waals surface area contributed by atoms with Gasteiger partial charge in [-0.25, -0.2) is 0 Å². The first kappa shape index (κ1) is 13.8. The summed E-state index contributed by atoms with van der Waals surface area (Å²) in [6.07, 6.45) is 4.03. The number of halogens is 1. The van der Waals surface area contributed by atoms with Crippen LogP contribution in [-0.2, 0) is 0 Å². The maximum atomic E-state index is 9.59. The van der Waals surface area contributed by atoms with Gasteiger partial charge in [-0.15, -0.1) is 0 Å². The van der Waals surface area contributed by atoms with E-state index in [0.717, 1.165) is 30.2 Å². The van der Waals surface area contributed by atoms with Crippen LogP contribution in [0.25, 0.3) is 11.1 Å². The zero-order chi connectivity index (χ0) is 13.9. The third-order valence-electron chi connectivity index (χ3n) is 4.26. The summed E-state index contributed by atoms with van der Waals surface area (Å²) in [4.78, 5) is 0. The molecule has 0 saturated heterocycles. The lowest BCUT2D eigenvalue weighted by molar-refractivity contribution is 0.122. The van der Waals surface area contributed by atoms with E-state index in [0.29, 0.717) is 5.92 Å². The van der Waals surface area contributed by atoms with Crippen molar-refractivity contribution in [1.82, 2.24) is 0 Å². The van der Waals surface area contributed by atoms with Gasteiger partial charge < -0.3 is 5.11 Å². The van der Waals surface area contributed by atoms with Gasteiger partial charge in [0.2, 0.25) is 0 Å². The highest BCUT2D eigenvalue weighted by molar-refractivity contribution is 9.10. The zero-order valence-corrected chi connectivity index (χ0v) is 13.0. The molecule has 1 nitrogen and oxygen atoms in total. The molecule has 2 aromatic rings. The molecule has 0 aromatic heterocycles. The molecule has 20 heavy (non-hydrogen) atoms. The summed E-state index contributed by atoms with van der Waals surface area (Å²) in [5, 5.41) is 9.59. The van der Waals surface area contributed by atoms with Crippen LogP contribution in [-0.4, -0.2) is 11.2 Å². The van der Waals surface area contributed by atoms with Crippen molar-refractivity contribution in [3.8, 4) is 11.1 Å². The van der Waals surface area contributed by atoms with Gasteiger partial charge in [-0.2, -0.15) is 0 Å². The normalized spacial score (nSPS) is 22.7. The molecule has 0 radical (unpaired) electrons. The molecular formula is C18H19BrO. The smallest absolute Gasteiger partial charge is 0.0540 e. The Morgan fingerprint density at radius 3 is 1.80 bits per heavy atom. The molecule has 0 bridgehead atoms. The van der Waals surface area contributed by atoms with E-state index in [2.05, 4.69) is 64.5 Å². The van der Waals surface area contributed by atoms with Crippen LogP contribution in [0.1, 0.15) is 37.2 Å². The Morgan fingerprint density at radius 2 is 1.25 bits per heavy atom. The lowest BCUT2D eigenvalue weighted by atomic mass is 9.82. The number of rotatable bonds is 2. The van der Waals surface area contributed by atoms with Crippen molar-refractivity contribution in [3.05, 3.63) is 58.6 Å². The lowest BCUT2D eigenvalue weighted by Gasteiger charge is -2.25. The van der Waals surface area contributed by atoms with Crippen molar-refractivity contribution in [2.24, 2.45) is 0 Å². The van der Waals surface area contributed by atoms with Gasteiger partial charge in [0.05, 0.1) is 6.10 Å². The molecule has 0 atom stereocenters. The molecule has 2 aromatic carbocycles. The second kappa shape index (κ2) is 6.11. The molecule has 0 aliphatic heterocycles. The van der Waals surface area contributed by atoms with Gasteiger partial charge in [0, 0.05) is 4.47 Å². The van der Waals surface area contributed by atoms with Crippen LogP contribution in [0.4, 0.5) is 0 Å². The van der Waals surface area contributed by atoms with Crippen molar-refractivity contribution < 1.29 is 5.11 Å². The lowest BCUT2D eigenvalue weighted by Crippen LogP contribution is -2.16. The highest BCUT2D eigenvalue weighted by Gasteiger charge is 2.20. The zero-order valence-electron chi connectivity index (χ0n) is 11.4. The Kier molecular flexibility index (Phi) is 4.23. The fourth-order valence-electron chi connectivity index (χ4n) is 3.00. The maximum absolute atomic E-state index is 9.59. The molecule has 1 saturated carbocycles. The number of hydrogen-bond acceptors (Lipinski definition) is 1. The Bertz CT molecular complexity index is 551. The average molecular weight is 331 g/mol. The van der Waals surface area contributed by atoms with Crippen LogP contribution in [0, 0.1) is 0 Å². The van der Waals surface area contributed by atoms with Crippen LogP contribution in [0.2, 0.25) is 0 Å². The summed E-state index contributed by atoms with van der Waals surface area (Å²) in [6.45, 7) is 0. The number of aliphatic hydroxyl groups is 1. The van der Waals surface area contributed by atoms with Gasteiger partial charge >= 0.3 is 0 Å². The molecule has 1 N–H and O–H groups in total. The maximum Gasteiger partial charge on any atom is 0.0540 e. The van der Waals surface area contributed by atoms with Gasteiger partial charge in [-0.1, -0.05) is 52.3 Å². The van der Waals surface area contributed by atoms with E-state index in [1.165, 1.54) is 16.7 Å². The fraction of sp³-hybridized carbons (Fsp3) is 0.333. The summed E-state index contributed by atoms with van der Waals surface area (Å²) >= 11 is 3.47. The van der Waals surface area contributed by atoms with Crippen molar-refractivity contribution >= 4 is 15.9 Å². The van der Waals surface area contributed by atoms with Crippen molar-refractivity contribution in [2.75, 3.05) is 0 Å². The van der Waals surface area contributed by atoms with E-state index >= 15 is 0 Å². The summed E-state index contributed by atoms with van der Waals surface area (Å²) < 4.78 is 1.11. The van der Waals surface area contributed by atoms with E-state index in [1.54, 1.807) is 0 Å². The second-order valence-electron chi connectivity index (χ2n) is 5.63. The van der Waals surface area contributed by atoms with E-state index in [4.69, 9.17) is 0 Å². The highest BCUT2D eigenvalue weighted by atomic mass is 79.9. The quantitative estimate of drug-likeness (QED) is 0.808. The Hall–Kier alpha value is -1.12. The number of aliphatic hydroxyl groups excluding tert-OH is 1. The second-order valence-corrected chi connectivity index (χ2v) is 6.55. The average Bonchev–Trinajstić information content (AvgIpc) is 2.49. The van der Waals surface area contributed by atoms with Gasteiger partial charge in [0.1, 0.15) is 0 Å². The molecule has 0 heterocycles. The molecule has 0 spiro atoms. The molecule has 1 aliphatic rings. The largest absolute Gasteiger partial charge is 0.393 e. The Balaban J connectivity index is 1.76. The minimum atomic E-state index is -0.0757. The molecule has 1 aliphatic carbocycles. The van der Waals surface area contributed by atoms with Crippen molar-refractivity contribution in [3.63, 3.8) is 0 Å². The Labute approximate surface area is 128 Å². The van der Waals surface area contributed by atoms with E-state index < -0.39 is 0 Å². The van der Waals surface area contributed by atoms with Crippen LogP contribution in [0.15, 0.2) is 53.0 Å². The predicted molar refractivity (Wildman–Crippen MR) is 86.8 cm³/mol. The topological polar surface area (TPSA) is 20.2 Å². The number of benzene rings is 2. The van der Waals surface area contributed by atoms with E-state index in [1.807, 2.05) is 0 Å². The molecule has 2 heteroatoms. The van der Waals surface area contributed by atoms with E-state index in [-0.39, 0.29) is 6.10 Å². The predicted octanol–water partition coefficient (Wildman–Crippen LogP) is 5.13. The van der Waals surface area contributed by atoms with E-state index in [9.17, 15) is 5.11 Å². The molecule has 3 rings (SSSR count). The SMILES string of the molecule is OC1CCC(c2ccc(-c3ccc(Br)cc3)cc2)CC1. The first-order chi connectivity index (χ1) is 9.72. The standard InChI is InChI=1S/C18H19BrO/c19-17-9-5-15(6-10-17)13-1-3-14(4-2-13)16-7-11-18(20)12-8-16/h1-6,9-10,16,18,20H,7-8,11-12H2. The monoisotopic (exact) mass is 330 g/mol. The third kappa shape index (κ3) is 3.13. The minimum absolute atomic E-state index is 0.0757. The van der Waals surface area contributed by atoms with Crippen LogP contribution in [0.3, 0.4) is 0 Å². The Morgan fingerprint density at radius 1 is 0.750 bits per heavy atom. The van der Waals surface area contributed by atoms with Crippen LogP contribution in [0.5, 0.6) is 0 Å². The minimum Gasteiger partial charge on any atom is -0.393 e. The highest BCUT2D eigenvalue weighted by Crippen LogP contribution is 2.33. The molecule has 104 valence electrons.